The van der Waals surface area contributed by atoms with E-state index in [1.807, 2.05) is 46.9 Å². The van der Waals surface area contributed by atoms with Crippen molar-refractivity contribution in [3.05, 3.63) is 17.8 Å². The van der Waals surface area contributed by atoms with Gasteiger partial charge in [0.1, 0.15) is 5.60 Å². The molecule has 1 fully saturated rings. The summed E-state index contributed by atoms with van der Waals surface area (Å²) in [4.78, 5) is 15.9. The standard InChI is InChI=1S/C15H24N4O2/c1-11-6-7-13(17-16-11)18(5)12-8-9-19(10-12)14(20)21-15(2,3)4/h6-7,12H,8-10H2,1-5H3/t12-/m1/s1. The highest BCUT2D eigenvalue weighted by Gasteiger charge is 2.32. The van der Waals surface area contributed by atoms with Gasteiger partial charge in [0.25, 0.3) is 0 Å². The number of likely N-dealkylation sites (N-methyl/N-ethyl adjacent to an activating group) is 1. The van der Waals surface area contributed by atoms with Gasteiger partial charge >= 0.3 is 6.09 Å². The van der Waals surface area contributed by atoms with E-state index < -0.39 is 5.60 Å². The molecule has 0 aliphatic carbocycles. The lowest BCUT2D eigenvalue weighted by atomic mass is 10.2. The van der Waals surface area contributed by atoms with E-state index in [4.69, 9.17) is 4.74 Å². The highest BCUT2D eigenvalue weighted by atomic mass is 16.6. The first kappa shape index (κ1) is 15.5. The number of likely N-dealkylation sites (tertiary alicyclic amines) is 1. The zero-order valence-corrected chi connectivity index (χ0v) is 13.5. The number of ether oxygens (including phenoxy) is 1. The average Bonchev–Trinajstić information content (AvgIpc) is 2.86. The first-order chi connectivity index (χ1) is 9.76. The molecule has 2 rings (SSSR count). The van der Waals surface area contributed by atoms with Crippen LogP contribution in [0.15, 0.2) is 12.1 Å². The van der Waals surface area contributed by atoms with E-state index in [1.54, 1.807) is 4.90 Å². The Morgan fingerprint density at radius 1 is 1.38 bits per heavy atom. The Kier molecular flexibility index (Phi) is 4.34. The molecule has 0 aromatic carbocycles. The van der Waals surface area contributed by atoms with Crippen molar-refractivity contribution in [2.75, 3.05) is 25.0 Å². The SMILES string of the molecule is Cc1ccc(N(C)[C@@H]2CCN(C(=O)OC(C)(C)C)C2)nn1. The maximum absolute atomic E-state index is 12.1. The van der Waals surface area contributed by atoms with Gasteiger partial charge in [-0.2, -0.15) is 5.10 Å². The lowest BCUT2D eigenvalue weighted by Crippen LogP contribution is -2.39. The van der Waals surface area contributed by atoms with Crippen molar-refractivity contribution in [3.63, 3.8) is 0 Å². The van der Waals surface area contributed by atoms with Crippen LogP contribution in [0.3, 0.4) is 0 Å². The zero-order valence-electron chi connectivity index (χ0n) is 13.5. The molecule has 1 aliphatic rings. The minimum atomic E-state index is -0.455. The molecule has 6 nitrogen and oxygen atoms in total. The van der Waals surface area contributed by atoms with Crippen molar-refractivity contribution >= 4 is 11.9 Å². The van der Waals surface area contributed by atoms with Crippen molar-refractivity contribution in [2.24, 2.45) is 0 Å². The number of anilines is 1. The van der Waals surface area contributed by atoms with Gasteiger partial charge in [-0.05, 0) is 46.2 Å². The fraction of sp³-hybridized carbons (Fsp3) is 0.667. The molecule has 1 amide bonds. The predicted molar refractivity (Wildman–Crippen MR) is 81.4 cm³/mol. The number of hydrogen-bond acceptors (Lipinski definition) is 5. The Labute approximate surface area is 126 Å². The number of carbonyl (C=O) groups is 1. The first-order valence-corrected chi connectivity index (χ1v) is 7.27. The van der Waals surface area contributed by atoms with Crippen LogP contribution in [0.25, 0.3) is 0 Å². The van der Waals surface area contributed by atoms with Gasteiger partial charge < -0.3 is 14.5 Å². The minimum Gasteiger partial charge on any atom is -0.444 e. The Morgan fingerprint density at radius 3 is 2.67 bits per heavy atom. The molecule has 1 aromatic rings. The van der Waals surface area contributed by atoms with Crippen LogP contribution in [-0.2, 0) is 4.74 Å². The minimum absolute atomic E-state index is 0.242. The Morgan fingerprint density at radius 2 is 2.10 bits per heavy atom. The molecule has 0 N–H and O–H groups in total. The van der Waals surface area contributed by atoms with E-state index in [0.717, 1.165) is 17.9 Å². The molecule has 1 atom stereocenters. The summed E-state index contributed by atoms with van der Waals surface area (Å²) in [7, 11) is 1.99. The van der Waals surface area contributed by atoms with Crippen molar-refractivity contribution in [3.8, 4) is 0 Å². The second-order valence-electron chi connectivity index (χ2n) is 6.51. The Balaban J connectivity index is 1.95. The average molecular weight is 292 g/mol. The largest absolute Gasteiger partial charge is 0.444 e. The highest BCUT2D eigenvalue weighted by molar-refractivity contribution is 5.68. The van der Waals surface area contributed by atoms with Crippen LogP contribution in [0.5, 0.6) is 0 Å². The van der Waals surface area contributed by atoms with Gasteiger partial charge in [-0.1, -0.05) is 0 Å². The summed E-state index contributed by atoms with van der Waals surface area (Å²) in [6.45, 7) is 8.92. The molecular weight excluding hydrogens is 268 g/mol. The van der Waals surface area contributed by atoms with Crippen molar-refractivity contribution in [1.82, 2.24) is 15.1 Å². The normalized spacial score (nSPS) is 18.7. The van der Waals surface area contributed by atoms with Crippen LogP contribution in [0, 0.1) is 6.92 Å². The molecule has 1 aliphatic heterocycles. The summed E-state index contributed by atoms with van der Waals surface area (Å²) < 4.78 is 5.41. The van der Waals surface area contributed by atoms with Gasteiger partial charge in [0.05, 0.1) is 5.69 Å². The molecule has 1 saturated heterocycles. The summed E-state index contributed by atoms with van der Waals surface area (Å²) in [5.74, 6) is 0.830. The molecule has 2 heterocycles. The lowest BCUT2D eigenvalue weighted by molar-refractivity contribution is 0.0292. The molecule has 1 aromatic heterocycles. The molecule has 0 saturated carbocycles. The van der Waals surface area contributed by atoms with E-state index >= 15 is 0 Å². The predicted octanol–water partition coefficient (Wildman–Crippen LogP) is 2.23. The summed E-state index contributed by atoms with van der Waals surface area (Å²) in [5.41, 5.74) is 0.442. The van der Waals surface area contributed by atoms with Gasteiger partial charge in [0.15, 0.2) is 5.82 Å². The number of carbonyl (C=O) groups excluding carboxylic acids is 1. The second-order valence-corrected chi connectivity index (χ2v) is 6.51. The van der Waals surface area contributed by atoms with Crippen LogP contribution in [0.2, 0.25) is 0 Å². The van der Waals surface area contributed by atoms with E-state index in [2.05, 4.69) is 15.1 Å². The third kappa shape index (κ3) is 4.06. The number of nitrogens with zero attached hydrogens (tertiary/aromatic N) is 4. The van der Waals surface area contributed by atoms with Crippen LogP contribution < -0.4 is 4.90 Å². The van der Waals surface area contributed by atoms with Crippen LogP contribution in [0.1, 0.15) is 32.9 Å². The summed E-state index contributed by atoms with van der Waals surface area (Å²) in [5, 5.41) is 8.27. The van der Waals surface area contributed by atoms with Crippen LogP contribution in [0.4, 0.5) is 10.6 Å². The van der Waals surface area contributed by atoms with Crippen molar-refractivity contribution in [2.45, 2.75) is 45.8 Å². The zero-order chi connectivity index (χ0) is 15.6. The quantitative estimate of drug-likeness (QED) is 0.836. The number of aromatic nitrogens is 2. The summed E-state index contributed by atoms with van der Waals surface area (Å²) >= 11 is 0. The summed E-state index contributed by atoms with van der Waals surface area (Å²) in [6, 6.07) is 4.15. The molecule has 0 spiro atoms. The third-order valence-corrected chi connectivity index (χ3v) is 3.51. The molecule has 0 unspecified atom stereocenters. The second kappa shape index (κ2) is 5.87. The van der Waals surface area contributed by atoms with Crippen LogP contribution in [-0.4, -0.2) is 53.0 Å². The lowest BCUT2D eigenvalue weighted by Gasteiger charge is -2.27. The van der Waals surface area contributed by atoms with Crippen molar-refractivity contribution in [1.29, 1.82) is 0 Å². The molecule has 0 bridgehead atoms. The van der Waals surface area contributed by atoms with Crippen LogP contribution >= 0.6 is 0 Å². The highest BCUT2D eigenvalue weighted by Crippen LogP contribution is 2.21. The molecule has 0 radical (unpaired) electrons. The maximum Gasteiger partial charge on any atom is 0.410 e. The monoisotopic (exact) mass is 292 g/mol. The molecule has 116 valence electrons. The Hall–Kier alpha value is -1.85. The van der Waals surface area contributed by atoms with Gasteiger partial charge in [-0.15, -0.1) is 5.10 Å². The van der Waals surface area contributed by atoms with Gasteiger partial charge in [0, 0.05) is 26.2 Å². The van der Waals surface area contributed by atoms with Crippen molar-refractivity contribution < 1.29 is 9.53 Å². The van der Waals surface area contributed by atoms with Gasteiger partial charge in [-0.25, -0.2) is 4.79 Å². The number of aryl methyl sites for hydroxylation is 1. The number of amides is 1. The maximum atomic E-state index is 12.1. The fourth-order valence-corrected chi connectivity index (χ4v) is 2.32. The van der Waals surface area contributed by atoms with E-state index in [9.17, 15) is 4.79 Å². The van der Waals surface area contributed by atoms with Gasteiger partial charge in [0.2, 0.25) is 0 Å². The van der Waals surface area contributed by atoms with Gasteiger partial charge in [-0.3, -0.25) is 0 Å². The summed E-state index contributed by atoms with van der Waals surface area (Å²) in [6.07, 6.45) is 0.666. The Bertz CT molecular complexity index is 495. The topological polar surface area (TPSA) is 58.6 Å². The molecule has 21 heavy (non-hydrogen) atoms. The van der Waals surface area contributed by atoms with E-state index in [0.29, 0.717) is 13.1 Å². The van der Waals surface area contributed by atoms with E-state index in [1.165, 1.54) is 0 Å². The third-order valence-electron chi connectivity index (χ3n) is 3.51. The molecular formula is C15H24N4O2. The molecule has 6 heteroatoms. The number of rotatable bonds is 2. The fourth-order valence-electron chi connectivity index (χ4n) is 2.32. The van der Waals surface area contributed by atoms with E-state index in [-0.39, 0.29) is 12.1 Å². The smallest absolute Gasteiger partial charge is 0.410 e. The first-order valence-electron chi connectivity index (χ1n) is 7.27. The number of hydrogen-bond donors (Lipinski definition) is 0.